The summed E-state index contributed by atoms with van der Waals surface area (Å²) in [7, 11) is 0. The predicted octanol–water partition coefficient (Wildman–Crippen LogP) is 7.17. The third kappa shape index (κ3) is 7.22. The summed E-state index contributed by atoms with van der Waals surface area (Å²) in [5.74, 6) is 0. The fourth-order valence-electron chi connectivity index (χ4n) is 3.07. The Hall–Kier alpha value is -0.430. The lowest BCUT2D eigenvalue weighted by Crippen LogP contribution is -1.99. The van der Waals surface area contributed by atoms with Gasteiger partial charge in [0.15, 0.2) is 0 Å². The molecular formula is C21H36S. The lowest BCUT2D eigenvalue weighted by Gasteiger charge is -2.14. The molecule has 0 bridgehead atoms. The van der Waals surface area contributed by atoms with Gasteiger partial charge in [0.2, 0.25) is 0 Å². The van der Waals surface area contributed by atoms with Crippen LogP contribution in [0.3, 0.4) is 0 Å². The number of hydrogen-bond donors (Lipinski definition) is 1. The summed E-state index contributed by atoms with van der Waals surface area (Å²) in [6.07, 6.45) is 15.5. The Labute approximate surface area is 144 Å². The molecule has 1 aromatic rings. The van der Waals surface area contributed by atoms with Crippen molar-refractivity contribution in [2.24, 2.45) is 0 Å². The molecule has 1 rings (SSSR count). The smallest absolute Gasteiger partial charge is 0.0104 e. The lowest BCUT2D eigenvalue weighted by molar-refractivity contribution is 0.690. The van der Waals surface area contributed by atoms with Crippen molar-refractivity contribution in [2.45, 2.75) is 103 Å². The summed E-state index contributed by atoms with van der Waals surface area (Å²) in [6, 6.07) is 4.88. The van der Waals surface area contributed by atoms with E-state index >= 15 is 0 Å². The predicted molar refractivity (Wildman–Crippen MR) is 103 cm³/mol. The zero-order valence-electron chi connectivity index (χ0n) is 15.1. The van der Waals surface area contributed by atoms with Crippen LogP contribution in [0.15, 0.2) is 17.0 Å². The molecule has 0 aromatic heterocycles. The molecule has 0 aliphatic rings. The maximum absolute atomic E-state index is 4.87. The first kappa shape index (κ1) is 19.6. The highest BCUT2D eigenvalue weighted by atomic mass is 32.1. The second kappa shape index (κ2) is 12.0. The molecule has 0 heterocycles. The van der Waals surface area contributed by atoms with Gasteiger partial charge in [0, 0.05) is 4.90 Å². The maximum atomic E-state index is 4.87. The number of rotatable bonds is 12. The fourth-order valence-corrected chi connectivity index (χ4v) is 3.42. The molecule has 22 heavy (non-hydrogen) atoms. The van der Waals surface area contributed by atoms with Crippen LogP contribution in [0.25, 0.3) is 0 Å². The third-order valence-corrected chi connectivity index (χ3v) is 5.07. The van der Waals surface area contributed by atoms with Gasteiger partial charge in [0.25, 0.3) is 0 Å². The summed E-state index contributed by atoms with van der Waals surface area (Å²) in [6.45, 7) is 6.83. The standard InChI is InChI=1S/C21H36S/c1-4-7-10-13-18-16-19(14-11-8-5-2)21(22)20(17-18)15-12-9-6-3/h16-17,22H,4-15H2,1-3H3. The summed E-state index contributed by atoms with van der Waals surface area (Å²) in [4.78, 5) is 1.28. The van der Waals surface area contributed by atoms with Crippen LogP contribution >= 0.6 is 12.6 Å². The molecule has 0 amide bonds. The average molecular weight is 321 g/mol. The molecule has 1 aromatic carbocycles. The summed E-state index contributed by atoms with van der Waals surface area (Å²) >= 11 is 4.87. The molecular weight excluding hydrogens is 284 g/mol. The second-order valence-electron chi connectivity index (χ2n) is 6.63. The normalized spacial score (nSPS) is 11.1. The number of benzene rings is 1. The van der Waals surface area contributed by atoms with Gasteiger partial charge in [-0.3, -0.25) is 0 Å². The highest BCUT2D eigenvalue weighted by Crippen LogP contribution is 2.26. The zero-order valence-corrected chi connectivity index (χ0v) is 16.0. The number of thiol groups is 1. The van der Waals surface area contributed by atoms with Gasteiger partial charge in [0.05, 0.1) is 0 Å². The Morgan fingerprint density at radius 2 is 1.05 bits per heavy atom. The van der Waals surface area contributed by atoms with Gasteiger partial charge < -0.3 is 0 Å². The fraction of sp³-hybridized carbons (Fsp3) is 0.714. The zero-order chi connectivity index (χ0) is 16.2. The first-order valence-corrected chi connectivity index (χ1v) is 10.0. The van der Waals surface area contributed by atoms with Crippen LogP contribution in [0.5, 0.6) is 0 Å². The molecule has 0 spiro atoms. The molecule has 0 radical (unpaired) electrons. The number of unbranched alkanes of at least 4 members (excludes halogenated alkanes) is 6. The van der Waals surface area contributed by atoms with Crippen molar-refractivity contribution in [2.75, 3.05) is 0 Å². The van der Waals surface area contributed by atoms with Crippen LogP contribution in [-0.2, 0) is 19.3 Å². The average Bonchev–Trinajstić information content (AvgIpc) is 2.52. The molecule has 0 saturated carbocycles. The first-order valence-electron chi connectivity index (χ1n) is 9.56. The van der Waals surface area contributed by atoms with E-state index in [9.17, 15) is 0 Å². The van der Waals surface area contributed by atoms with E-state index in [0.29, 0.717) is 0 Å². The summed E-state index contributed by atoms with van der Waals surface area (Å²) < 4.78 is 0. The van der Waals surface area contributed by atoms with Gasteiger partial charge in [0.1, 0.15) is 0 Å². The van der Waals surface area contributed by atoms with E-state index in [4.69, 9.17) is 12.6 Å². The lowest BCUT2D eigenvalue weighted by atomic mass is 9.95. The Kier molecular flexibility index (Phi) is 10.7. The summed E-state index contributed by atoms with van der Waals surface area (Å²) in [5.41, 5.74) is 4.54. The number of hydrogen-bond acceptors (Lipinski definition) is 1. The van der Waals surface area contributed by atoms with Crippen LogP contribution in [0.4, 0.5) is 0 Å². The van der Waals surface area contributed by atoms with Gasteiger partial charge in [-0.15, -0.1) is 12.6 Å². The molecule has 0 aliphatic heterocycles. The summed E-state index contributed by atoms with van der Waals surface area (Å²) in [5, 5.41) is 0. The molecule has 0 atom stereocenters. The Bertz CT molecular complexity index is 377. The van der Waals surface area contributed by atoms with Crippen molar-refractivity contribution in [3.8, 4) is 0 Å². The van der Waals surface area contributed by atoms with E-state index in [1.807, 2.05) is 0 Å². The highest BCUT2D eigenvalue weighted by Gasteiger charge is 2.08. The van der Waals surface area contributed by atoms with E-state index < -0.39 is 0 Å². The number of aryl methyl sites for hydroxylation is 3. The van der Waals surface area contributed by atoms with E-state index in [0.717, 1.165) is 0 Å². The van der Waals surface area contributed by atoms with Crippen LogP contribution in [0, 0.1) is 0 Å². The van der Waals surface area contributed by atoms with E-state index in [2.05, 4.69) is 32.9 Å². The van der Waals surface area contributed by atoms with Crippen LogP contribution in [0.2, 0.25) is 0 Å². The van der Waals surface area contributed by atoms with Crippen molar-refractivity contribution < 1.29 is 0 Å². The van der Waals surface area contributed by atoms with Gasteiger partial charge in [-0.25, -0.2) is 0 Å². The van der Waals surface area contributed by atoms with Crippen molar-refractivity contribution >= 4 is 12.6 Å². The van der Waals surface area contributed by atoms with Crippen molar-refractivity contribution in [3.63, 3.8) is 0 Å². The quantitative estimate of drug-likeness (QED) is 0.306. The SMILES string of the molecule is CCCCCc1cc(CCCCC)c(S)c(CCCCC)c1. The molecule has 0 saturated heterocycles. The van der Waals surface area contributed by atoms with E-state index in [1.54, 1.807) is 5.56 Å². The minimum Gasteiger partial charge on any atom is -0.143 e. The molecule has 0 fully saturated rings. The maximum Gasteiger partial charge on any atom is 0.0104 e. The van der Waals surface area contributed by atoms with Gasteiger partial charge in [-0.2, -0.15) is 0 Å². The molecule has 0 N–H and O–H groups in total. The first-order chi connectivity index (χ1) is 10.7. The van der Waals surface area contributed by atoms with E-state index in [-0.39, 0.29) is 0 Å². The Morgan fingerprint density at radius 3 is 1.45 bits per heavy atom. The van der Waals surface area contributed by atoms with Gasteiger partial charge >= 0.3 is 0 Å². The van der Waals surface area contributed by atoms with Crippen LogP contribution < -0.4 is 0 Å². The minimum absolute atomic E-state index is 1.20. The Morgan fingerprint density at radius 1 is 0.636 bits per heavy atom. The van der Waals surface area contributed by atoms with Crippen molar-refractivity contribution in [3.05, 3.63) is 28.8 Å². The van der Waals surface area contributed by atoms with Crippen LogP contribution in [-0.4, -0.2) is 0 Å². The minimum atomic E-state index is 1.20. The second-order valence-corrected chi connectivity index (χ2v) is 7.08. The van der Waals surface area contributed by atoms with E-state index in [1.165, 1.54) is 93.1 Å². The third-order valence-electron chi connectivity index (χ3n) is 4.50. The van der Waals surface area contributed by atoms with Gasteiger partial charge in [-0.1, -0.05) is 71.4 Å². The van der Waals surface area contributed by atoms with Crippen molar-refractivity contribution in [1.82, 2.24) is 0 Å². The van der Waals surface area contributed by atoms with Crippen LogP contribution in [0.1, 0.15) is 95.2 Å². The molecule has 1 heteroatoms. The van der Waals surface area contributed by atoms with Crippen molar-refractivity contribution in [1.29, 1.82) is 0 Å². The molecule has 0 unspecified atom stereocenters. The molecule has 126 valence electrons. The van der Waals surface area contributed by atoms with Gasteiger partial charge in [-0.05, 0) is 55.2 Å². The highest BCUT2D eigenvalue weighted by molar-refractivity contribution is 7.80. The monoisotopic (exact) mass is 320 g/mol. The largest absolute Gasteiger partial charge is 0.143 e. The molecule has 0 aliphatic carbocycles. The topological polar surface area (TPSA) is 0 Å². The Balaban J connectivity index is 2.81. The molecule has 0 nitrogen and oxygen atoms in total.